The summed E-state index contributed by atoms with van der Waals surface area (Å²) in [4.78, 5) is 19.7. The zero-order valence-corrected chi connectivity index (χ0v) is 15.2. The molecule has 4 heterocycles. The zero-order valence-electron chi connectivity index (χ0n) is 15.2. The summed E-state index contributed by atoms with van der Waals surface area (Å²) in [6.07, 6.45) is 7.71. The number of hydrogen-bond donors (Lipinski definition) is 1. The third-order valence-corrected chi connectivity index (χ3v) is 5.17. The second kappa shape index (κ2) is 6.63. The Bertz CT molecular complexity index is 1050. The molecule has 1 aliphatic rings. The summed E-state index contributed by atoms with van der Waals surface area (Å²) in [6, 6.07) is 10.4. The van der Waals surface area contributed by atoms with Gasteiger partial charge in [-0.3, -0.25) is 4.90 Å². The minimum absolute atomic E-state index is 0.308. The first kappa shape index (κ1) is 16.2. The SMILES string of the molecule is Cc1ccc2nc([C@H]3CCCN3Cc3cnc(-c4ccco4)nc3)[nH]c2c1. The maximum Gasteiger partial charge on any atom is 0.195 e. The van der Waals surface area contributed by atoms with Gasteiger partial charge in [-0.25, -0.2) is 15.0 Å². The average molecular weight is 359 g/mol. The average Bonchev–Trinajstić information content (AvgIpc) is 3.42. The van der Waals surface area contributed by atoms with Crippen molar-refractivity contribution in [3.63, 3.8) is 0 Å². The van der Waals surface area contributed by atoms with Gasteiger partial charge in [-0.05, 0) is 56.1 Å². The molecule has 1 atom stereocenters. The van der Waals surface area contributed by atoms with Crippen LogP contribution in [0.5, 0.6) is 0 Å². The molecule has 1 saturated heterocycles. The minimum Gasteiger partial charge on any atom is -0.461 e. The van der Waals surface area contributed by atoms with E-state index in [0.29, 0.717) is 17.6 Å². The number of aromatic nitrogens is 4. The van der Waals surface area contributed by atoms with Crippen LogP contribution in [0.4, 0.5) is 0 Å². The molecule has 0 spiro atoms. The monoisotopic (exact) mass is 359 g/mol. The van der Waals surface area contributed by atoms with E-state index in [4.69, 9.17) is 9.40 Å². The Hall–Kier alpha value is -2.99. The van der Waals surface area contributed by atoms with Crippen molar-refractivity contribution in [1.82, 2.24) is 24.8 Å². The number of imidazole rings is 1. The van der Waals surface area contributed by atoms with Gasteiger partial charge in [0.25, 0.3) is 0 Å². The van der Waals surface area contributed by atoms with Crippen molar-refractivity contribution in [1.29, 1.82) is 0 Å². The van der Waals surface area contributed by atoms with Crippen LogP contribution in [0.3, 0.4) is 0 Å². The van der Waals surface area contributed by atoms with Crippen LogP contribution in [0.15, 0.2) is 53.4 Å². The summed E-state index contributed by atoms with van der Waals surface area (Å²) < 4.78 is 5.36. The van der Waals surface area contributed by atoms with Crippen LogP contribution in [0.1, 0.15) is 35.8 Å². The molecule has 0 aliphatic carbocycles. The Morgan fingerprint density at radius 2 is 2.11 bits per heavy atom. The highest BCUT2D eigenvalue weighted by Gasteiger charge is 2.28. The predicted octanol–water partition coefficient (Wildman–Crippen LogP) is 4.26. The Morgan fingerprint density at radius 1 is 1.22 bits per heavy atom. The molecule has 0 saturated carbocycles. The third-order valence-electron chi connectivity index (χ3n) is 5.17. The molecule has 0 bridgehead atoms. The Kier molecular flexibility index (Phi) is 3.98. The predicted molar refractivity (Wildman–Crippen MR) is 103 cm³/mol. The lowest BCUT2D eigenvalue weighted by molar-refractivity contribution is 0.240. The number of hydrogen-bond acceptors (Lipinski definition) is 5. The van der Waals surface area contributed by atoms with E-state index in [1.807, 2.05) is 24.5 Å². The van der Waals surface area contributed by atoms with Crippen LogP contribution in [0, 0.1) is 6.92 Å². The number of furan rings is 1. The van der Waals surface area contributed by atoms with E-state index in [0.717, 1.165) is 41.9 Å². The van der Waals surface area contributed by atoms with Crippen molar-refractivity contribution in [2.24, 2.45) is 0 Å². The lowest BCUT2D eigenvalue weighted by atomic mass is 10.2. The minimum atomic E-state index is 0.308. The summed E-state index contributed by atoms with van der Waals surface area (Å²) in [5.74, 6) is 2.37. The van der Waals surface area contributed by atoms with Crippen LogP contribution in [0.2, 0.25) is 0 Å². The van der Waals surface area contributed by atoms with Crippen LogP contribution in [0.25, 0.3) is 22.6 Å². The Balaban J connectivity index is 1.36. The van der Waals surface area contributed by atoms with E-state index in [1.165, 1.54) is 12.0 Å². The molecular formula is C21H21N5O. The highest BCUT2D eigenvalue weighted by molar-refractivity contribution is 5.75. The van der Waals surface area contributed by atoms with Crippen molar-refractivity contribution < 1.29 is 4.42 Å². The molecule has 0 radical (unpaired) electrons. The molecule has 1 N–H and O–H groups in total. The summed E-state index contributed by atoms with van der Waals surface area (Å²) in [6.45, 7) is 3.98. The number of nitrogens with one attached hydrogen (secondary N) is 1. The molecule has 1 fully saturated rings. The Morgan fingerprint density at radius 3 is 2.93 bits per heavy atom. The van der Waals surface area contributed by atoms with Gasteiger partial charge >= 0.3 is 0 Å². The molecule has 3 aromatic heterocycles. The van der Waals surface area contributed by atoms with Crippen LogP contribution in [-0.4, -0.2) is 31.4 Å². The molecule has 0 unspecified atom stereocenters. The molecule has 27 heavy (non-hydrogen) atoms. The fraction of sp³-hybridized carbons (Fsp3) is 0.286. The number of H-pyrrole nitrogens is 1. The largest absolute Gasteiger partial charge is 0.461 e. The number of aromatic amines is 1. The quantitative estimate of drug-likeness (QED) is 0.589. The van der Waals surface area contributed by atoms with Gasteiger partial charge < -0.3 is 9.40 Å². The second-order valence-corrected chi connectivity index (χ2v) is 7.16. The fourth-order valence-corrected chi connectivity index (χ4v) is 3.83. The van der Waals surface area contributed by atoms with E-state index < -0.39 is 0 Å². The van der Waals surface area contributed by atoms with Crippen molar-refractivity contribution in [2.75, 3.05) is 6.54 Å². The first-order valence-electron chi connectivity index (χ1n) is 9.31. The fourth-order valence-electron chi connectivity index (χ4n) is 3.83. The second-order valence-electron chi connectivity index (χ2n) is 7.16. The zero-order chi connectivity index (χ0) is 18.2. The molecule has 6 nitrogen and oxygen atoms in total. The lowest BCUT2D eigenvalue weighted by Crippen LogP contribution is -2.23. The number of aryl methyl sites for hydroxylation is 1. The highest BCUT2D eigenvalue weighted by Crippen LogP contribution is 2.32. The van der Waals surface area contributed by atoms with E-state index in [2.05, 4.69) is 45.0 Å². The van der Waals surface area contributed by atoms with E-state index in [-0.39, 0.29) is 0 Å². The van der Waals surface area contributed by atoms with Gasteiger partial charge in [-0.15, -0.1) is 0 Å². The number of likely N-dealkylation sites (tertiary alicyclic amines) is 1. The van der Waals surface area contributed by atoms with Gasteiger partial charge in [-0.2, -0.15) is 0 Å². The number of rotatable bonds is 4. The topological polar surface area (TPSA) is 70.8 Å². The standard InChI is InChI=1S/C21H21N5O/c1-14-6-7-16-17(10-14)25-20(24-16)18-4-2-8-26(18)13-15-11-22-21(23-12-15)19-5-3-9-27-19/h3,5-7,9-12,18H,2,4,8,13H2,1H3,(H,24,25)/t18-/m1/s1. The number of fused-ring (bicyclic) bond motifs is 1. The molecule has 1 aliphatic heterocycles. The summed E-state index contributed by atoms with van der Waals surface area (Å²) in [7, 11) is 0. The maximum absolute atomic E-state index is 5.36. The van der Waals surface area contributed by atoms with Gasteiger partial charge in [0, 0.05) is 24.5 Å². The van der Waals surface area contributed by atoms with Crippen LogP contribution in [-0.2, 0) is 6.54 Å². The van der Waals surface area contributed by atoms with E-state index >= 15 is 0 Å². The highest BCUT2D eigenvalue weighted by atomic mass is 16.3. The van der Waals surface area contributed by atoms with Crippen molar-refractivity contribution >= 4 is 11.0 Å². The van der Waals surface area contributed by atoms with Crippen molar-refractivity contribution in [2.45, 2.75) is 32.4 Å². The molecule has 136 valence electrons. The molecule has 4 aromatic rings. The van der Waals surface area contributed by atoms with Gasteiger partial charge in [0.1, 0.15) is 5.82 Å². The smallest absolute Gasteiger partial charge is 0.195 e. The Labute approximate surface area is 157 Å². The molecule has 5 rings (SSSR count). The van der Waals surface area contributed by atoms with Crippen LogP contribution >= 0.6 is 0 Å². The summed E-state index contributed by atoms with van der Waals surface area (Å²) in [5, 5.41) is 0. The molecular weight excluding hydrogens is 338 g/mol. The summed E-state index contributed by atoms with van der Waals surface area (Å²) in [5.41, 5.74) is 4.50. The first-order chi connectivity index (χ1) is 13.3. The molecule has 6 heteroatoms. The van der Waals surface area contributed by atoms with Crippen molar-refractivity contribution in [3.05, 3.63) is 65.9 Å². The maximum atomic E-state index is 5.36. The third kappa shape index (κ3) is 3.13. The van der Waals surface area contributed by atoms with E-state index in [9.17, 15) is 0 Å². The first-order valence-corrected chi connectivity index (χ1v) is 9.31. The number of benzene rings is 1. The number of nitrogens with zero attached hydrogens (tertiary/aromatic N) is 4. The normalized spacial score (nSPS) is 17.7. The lowest BCUT2D eigenvalue weighted by Gasteiger charge is -2.22. The van der Waals surface area contributed by atoms with Gasteiger partial charge in [0.05, 0.1) is 23.3 Å². The van der Waals surface area contributed by atoms with E-state index in [1.54, 1.807) is 6.26 Å². The van der Waals surface area contributed by atoms with Crippen LogP contribution < -0.4 is 0 Å². The van der Waals surface area contributed by atoms with Gasteiger partial charge in [-0.1, -0.05) is 6.07 Å². The van der Waals surface area contributed by atoms with Crippen molar-refractivity contribution in [3.8, 4) is 11.6 Å². The van der Waals surface area contributed by atoms with Gasteiger partial charge in [0.15, 0.2) is 11.6 Å². The summed E-state index contributed by atoms with van der Waals surface area (Å²) >= 11 is 0. The van der Waals surface area contributed by atoms with Gasteiger partial charge in [0.2, 0.25) is 0 Å². The molecule has 0 amide bonds. The molecule has 1 aromatic carbocycles.